The van der Waals surface area contributed by atoms with Crippen molar-refractivity contribution in [2.75, 3.05) is 32.0 Å². The molecule has 1 aliphatic rings. The van der Waals surface area contributed by atoms with E-state index in [1.54, 1.807) is 12.1 Å². The van der Waals surface area contributed by atoms with Crippen LogP contribution in [0.2, 0.25) is 0 Å². The standard InChI is InChI=1S/C15H25N3O2S/c1-3-10-18-11-8-14(9-12-18)17-13-4-6-15(7-5-13)21(19,20)16-2/h4-7,14,16-17H,3,8-12H2,1-2H3. The van der Waals surface area contributed by atoms with Crippen molar-refractivity contribution in [1.29, 1.82) is 0 Å². The van der Waals surface area contributed by atoms with Crippen molar-refractivity contribution in [2.24, 2.45) is 0 Å². The third kappa shape index (κ3) is 4.43. The van der Waals surface area contributed by atoms with E-state index in [1.165, 1.54) is 20.0 Å². The molecular weight excluding hydrogens is 286 g/mol. The van der Waals surface area contributed by atoms with Crippen molar-refractivity contribution in [3.05, 3.63) is 24.3 Å². The van der Waals surface area contributed by atoms with Gasteiger partial charge in [-0.3, -0.25) is 0 Å². The number of anilines is 1. The second-order valence-corrected chi connectivity index (χ2v) is 7.38. The Morgan fingerprint density at radius 1 is 1.19 bits per heavy atom. The van der Waals surface area contributed by atoms with E-state index < -0.39 is 10.0 Å². The molecule has 2 rings (SSSR count). The molecule has 0 unspecified atom stereocenters. The van der Waals surface area contributed by atoms with Gasteiger partial charge in [0.15, 0.2) is 0 Å². The SMILES string of the molecule is CCCN1CCC(Nc2ccc(S(=O)(=O)NC)cc2)CC1. The number of sulfonamides is 1. The minimum Gasteiger partial charge on any atom is -0.382 e. The summed E-state index contributed by atoms with van der Waals surface area (Å²) in [6, 6.07) is 7.43. The van der Waals surface area contributed by atoms with Crippen LogP contribution in [0.4, 0.5) is 5.69 Å². The molecule has 1 aromatic rings. The van der Waals surface area contributed by atoms with E-state index in [0.717, 1.165) is 31.6 Å². The fourth-order valence-corrected chi connectivity index (χ4v) is 3.43. The Bertz CT molecular complexity index is 535. The number of nitrogens with zero attached hydrogens (tertiary/aromatic N) is 1. The number of rotatable bonds is 6. The Balaban J connectivity index is 1.90. The van der Waals surface area contributed by atoms with Crippen LogP contribution in [-0.2, 0) is 10.0 Å². The molecule has 1 aromatic carbocycles. The van der Waals surface area contributed by atoms with E-state index in [4.69, 9.17) is 0 Å². The summed E-state index contributed by atoms with van der Waals surface area (Å²) in [6.45, 7) is 5.67. The van der Waals surface area contributed by atoms with Gasteiger partial charge < -0.3 is 10.2 Å². The number of hydrogen-bond acceptors (Lipinski definition) is 4. The zero-order valence-electron chi connectivity index (χ0n) is 12.8. The second kappa shape index (κ2) is 7.24. The topological polar surface area (TPSA) is 61.4 Å². The van der Waals surface area contributed by atoms with E-state index in [-0.39, 0.29) is 0 Å². The van der Waals surface area contributed by atoms with Gasteiger partial charge >= 0.3 is 0 Å². The zero-order valence-corrected chi connectivity index (χ0v) is 13.6. The van der Waals surface area contributed by atoms with Crippen molar-refractivity contribution in [2.45, 2.75) is 37.1 Å². The summed E-state index contributed by atoms with van der Waals surface area (Å²) < 4.78 is 25.6. The lowest BCUT2D eigenvalue weighted by Gasteiger charge is -2.32. The quantitative estimate of drug-likeness (QED) is 0.842. The number of hydrogen-bond donors (Lipinski definition) is 2. The molecular formula is C15H25N3O2S. The molecule has 2 N–H and O–H groups in total. The minimum atomic E-state index is -3.35. The zero-order chi connectivity index (χ0) is 15.3. The predicted octanol–water partition coefficient (Wildman–Crippen LogP) is 1.88. The molecule has 6 heteroatoms. The smallest absolute Gasteiger partial charge is 0.240 e. The molecule has 1 saturated heterocycles. The molecule has 0 amide bonds. The number of piperidine rings is 1. The van der Waals surface area contributed by atoms with Gasteiger partial charge in [0, 0.05) is 24.8 Å². The van der Waals surface area contributed by atoms with E-state index in [9.17, 15) is 8.42 Å². The van der Waals surface area contributed by atoms with Crippen LogP contribution in [0.25, 0.3) is 0 Å². The molecule has 0 aliphatic carbocycles. The molecule has 118 valence electrons. The molecule has 5 nitrogen and oxygen atoms in total. The van der Waals surface area contributed by atoms with Crippen LogP contribution in [0.1, 0.15) is 26.2 Å². The summed E-state index contributed by atoms with van der Waals surface area (Å²) in [5.74, 6) is 0. The lowest BCUT2D eigenvalue weighted by Crippen LogP contribution is -2.39. The van der Waals surface area contributed by atoms with Gasteiger partial charge in [-0.15, -0.1) is 0 Å². The highest BCUT2D eigenvalue weighted by atomic mass is 32.2. The molecule has 1 aliphatic heterocycles. The third-order valence-corrected chi connectivity index (χ3v) is 5.36. The van der Waals surface area contributed by atoms with Crippen LogP contribution in [0, 0.1) is 0 Å². The Hall–Kier alpha value is -1.11. The average molecular weight is 311 g/mol. The number of likely N-dealkylation sites (tertiary alicyclic amines) is 1. The van der Waals surface area contributed by atoms with Crippen molar-refractivity contribution in [1.82, 2.24) is 9.62 Å². The highest BCUT2D eigenvalue weighted by Gasteiger charge is 2.18. The molecule has 1 fully saturated rings. The summed E-state index contributed by atoms with van der Waals surface area (Å²) in [5, 5.41) is 3.50. The van der Waals surface area contributed by atoms with Crippen molar-refractivity contribution >= 4 is 15.7 Å². The molecule has 0 bridgehead atoms. The maximum atomic E-state index is 11.7. The fourth-order valence-electron chi connectivity index (χ4n) is 2.70. The van der Waals surface area contributed by atoms with Crippen LogP contribution < -0.4 is 10.0 Å². The van der Waals surface area contributed by atoms with E-state index in [0.29, 0.717) is 10.9 Å². The van der Waals surface area contributed by atoms with Crippen molar-refractivity contribution < 1.29 is 8.42 Å². The van der Waals surface area contributed by atoms with Crippen LogP contribution in [0.15, 0.2) is 29.2 Å². The molecule has 0 aromatic heterocycles. The Morgan fingerprint density at radius 2 is 1.81 bits per heavy atom. The summed E-state index contributed by atoms with van der Waals surface area (Å²) in [6.07, 6.45) is 3.48. The van der Waals surface area contributed by atoms with E-state index in [1.807, 2.05) is 12.1 Å². The van der Waals surface area contributed by atoms with Gasteiger partial charge in [-0.1, -0.05) is 6.92 Å². The van der Waals surface area contributed by atoms with Crippen LogP contribution in [0.3, 0.4) is 0 Å². The summed E-state index contributed by atoms with van der Waals surface area (Å²) >= 11 is 0. The van der Waals surface area contributed by atoms with Gasteiger partial charge in [0.2, 0.25) is 10.0 Å². The van der Waals surface area contributed by atoms with Gasteiger partial charge in [-0.05, 0) is 57.1 Å². The molecule has 1 heterocycles. The average Bonchev–Trinajstić information content (AvgIpc) is 2.50. The third-order valence-electron chi connectivity index (χ3n) is 3.93. The summed E-state index contributed by atoms with van der Waals surface area (Å²) in [5.41, 5.74) is 0.985. The Morgan fingerprint density at radius 3 is 2.33 bits per heavy atom. The van der Waals surface area contributed by atoms with Crippen LogP contribution in [-0.4, -0.2) is 46.0 Å². The van der Waals surface area contributed by atoms with Crippen molar-refractivity contribution in [3.8, 4) is 0 Å². The van der Waals surface area contributed by atoms with Gasteiger partial charge in [-0.25, -0.2) is 13.1 Å². The molecule has 0 atom stereocenters. The maximum Gasteiger partial charge on any atom is 0.240 e. The largest absolute Gasteiger partial charge is 0.382 e. The van der Waals surface area contributed by atoms with Gasteiger partial charge in [0.05, 0.1) is 4.90 Å². The number of nitrogens with one attached hydrogen (secondary N) is 2. The van der Waals surface area contributed by atoms with Gasteiger partial charge in [-0.2, -0.15) is 0 Å². The highest BCUT2D eigenvalue weighted by Crippen LogP contribution is 2.18. The second-order valence-electron chi connectivity index (χ2n) is 5.49. The Kier molecular flexibility index (Phi) is 5.61. The van der Waals surface area contributed by atoms with Gasteiger partial charge in [0.25, 0.3) is 0 Å². The minimum absolute atomic E-state index is 0.299. The number of benzene rings is 1. The first kappa shape index (κ1) is 16.3. The lowest BCUT2D eigenvalue weighted by atomic mass is 10.0. The monoisotopic (exact) mass is 311 g/mol. The first-order chi connectivity index (χ1) is 10.0. The van der Waals surface area contributed by atoms with Crippen molar-refractivity contribution in [3.63, 3.8) is 0 Å². The van der Waals surface area contributed by atoms with E-state index >= 15 is 0 Å². The maximum absolute atomic E-state index is 11.7. The summed E-state index contributed by atoms with van der Waals surface area (Å²) in [4.78, 5) is 2.80. The predicted molar refractivity (Wildman–Crippen MR) is 86.1 cm³/mol. The normalized spacial score (nSPS) is 17.8. The van der Waals surface area contributed by atoms with Crippen LogP contribution in [0.5, 0.6) is 0 Å². The summed E-state index contributed by atoms with van der Waals surface area (Å²) in [7, 11) is -1.92. The van der Waals surface area contributed by atoms with Crippen LogP contribution >= 0.6 is 0 Å². The van der Waals surface area contributed by atoms with Gasteiger partial charge in [0.1, 0.15) is 0 Å². The first-order valence-electron chi connectivity index (χ1n) is 7.57. The molecule has 0 radical (unpaired) electrons. The highest BCUT2D eigenvalue weighted by molar-refractivity contribution is 7.89. The molecule has 0 spiro atoms. The Labute approximate surface area is 127 Å². The molecule has 21 heavy (non-hydrogen) atoms. The van der Waals surface area contributed by atoms with E-state index in [2.05, 4.69) is 21.9 Å². The lowest BCUT2D eigenvalue weighted by molar-refractivity contribution is 0.219. The first-order valence-corrected chi connectivity index (χ1v) is 9.06. The molecule has 0 saturated carbocycles. The fraction of sp³-hybridized carbons (Fsp3) is 0.600.